The number of hydrogen-bond acceptors (Lipinski definition) is 2. The van der Waals surface area contributed by atoms with E-state index in [1.165, 1.54) is 12.1 Å². The SMILES string of the molecule is O=C(CCc1cc(C(F)(F)F)cc(C(F)(F)F)c1)Oc1ccccc1. The van der Waals surface area contributed by atoms with E-state index in [1.807, 2.05) is 0 Å². The van der Waals surface area contributed by atoms with Gasteiger partial charge in [0.2, 0.25) is 0 Å². The Hall–Kier alpha value is -2.51. The van der Waals surface area contributed by atoms with Gasteiger partial charge in [-0.2, -0.15) is 26.3 Å². The molecule has 0 saturated heterocycles. The summed E-state index contributed by atoms with van der Waals surface area (Å²) in [7, 11) is 0. The van der Waals surface area contributed by atoms with Crippen LogP contribution in [0, 0.1) is 0 Å². The molecule has 134 valence electrons. The van der Waals surface area contributed by atoms with Gasteiger partial charge in [0.1, 0.15) is 5.75 Å². The molecule has 0 aliphatic heterocycles. The fraction of sp³-hybridized carbons (Fsp3) is 0.235. The fourth-order valence-corrected chi connectivity index (χ4v) is 2.08. The van der Waals surface area contributed by atoms with Crippen LogP contribution in [0.15, 0.2) is 48.5 Å². The standard InChI is InChI=1S/C17H12F6O2/c18-16(19,20)12-8-11(9-13(10-12)17(21,22)23)6-7-15(24)25-14-4-2-1-3-5-14/h1-5,8-10H,6-7H2. The van der Waals surface area contributed by atoms with Gasteiger partial charge in [-0.05, 0) is 42.3 Å². The van der Waals surface area contributed by atoms with Crippen molar-refractivity contribution in [1.29, 1.82) is 0 Å². The highest BCUT2D eigenvalue weighted by Crippen LogP contribution is 2.36. The Labute approximate surface area is 139 Å². The van der Waals surface area contributed by atoms with E-state index in [0.29, 0.717) is 12.1 Å². The second-order valence-electron chi connectivity index (χ2n) is 5.20. The lowest BCUT2D eigenvalue weighted by atomic mass is 10.0. The molecule has 0 unspecified atom stereocenters. The monoisotopic (exact) mass is 362 g/mol. The molecule has 25 heavy (non-hydrogen) atoms. The minimum Gasteiger partial charge on any atom is -0.427 e. The number of hydrogen-bond donors (Lipinski definition) is 0. The van der Waals surface area contributed by atoms with E-state index in [-0.39, 0.29) is 30.2 Å². The van der Waals surface area contributed by atoms with Crippen molar-refractivity contribution in [2.24, 2.45) is 0 Å². The Bertz CT molecular complexity index is 703. The molecule has 0 N–H and O–H groups in total. The van der Waals surface area contributed by atoms with E-state index in [1.54, 1.807) is 18.2 Å². The number of aryl methyl sites for hydroxylation is 1. The molecule has 0 saturated carbocycles. The number of para-hydroxylation sites is 1. The molecule has 0 aromatic heterocycles. The quantitative estimate of drug-likeness (QED) is 0.421. The fourth-order valence-electron chi connectivity index (χ4n) is 2.08. The molecule has 0 fully saturated rings. The van der Waals surface area contributed by atoms with Gasteiger partial charge in [0.25, 0.3) is 0 Å². The predicted molar refractivity (Wildman–Crippen MR) is 76.8 cm³/mol. The molecule has 2 aromatic rings. The Morgan fingerprint density at radius 2 is 1.36 bits per heavy atom. The summed E-state index contributed by atoms with van der Waals surface area (Å²) >= 11 is 0. The van der Waals surface area contributed by atoms with Crippen LogP contribution in [-0.4, -0.2) is 5.97 Å². The number of halogens is 6. The van der Waals surface area contributed by atoms with Crippen LogP contribution in [0.3, 0.4) is 0 Å². The molecular weight excluding hydrogens is 350 g/mol. The minimum absolute atomic E-state index is 0.0474. The molecule has 2 rings (SSSR count). The average Bonchev–Trinajstić information content (AvgIpc) is 2.52. The van der Waals surface area contributed by atoms with Crippen molar-refractivity contribution in [3.63, 3.8) is 0 Å². The van der Waals surface area contributed by atoms with Crippen LogP contribution in [0.5, 0.6) is 5.75 Å². The van der Waals surface area contributed by atoms with Gasteiger partial charge >= 0.3 is 18.3 Å². The number of carbonyl (C=O) groups excluding carboxylic acids is 1. The zero-order valence-corrected chi connectivity index (χ0v) is 12.6. The van der Waals surface area contributed by atoms with Crippen LogP contribution in [0.1, 0.15) is 23.1 Å². The molecular formula is C17H12F6O2. The van der Waals surface area contributed by atoms with Gasteiger partial charge in [-0.3, -0.25) is 4.79 Å². The molecule has 2 nitrogen and oxygen atoms in total. The lowest BCUT2D eigenvalue weighted by Crippen LogP contribution is -2.13. The highest BCUT2D eigenvalue weighted by atomic mass is 19.4. The van der Waals surface area contributed by atoms with E-state index in [9.17, 15) is 31.1 Å². The van der Waals surface area contributed by atoms with Gasteiger partial charge in [-0.15, -0.1) is 0 Å². The minimum atomic E-state index is -4.92. The first-order valence-corrected chi connectivity index (χ1v) is 7.10. The smallest absolute Gasteiger partial charge is 0.416 e. The van der Waals surface area contributed by atoms with E-state index in [2.05, 4.69) is 0 Å². The highest BCUT2D eigenvalue weighted by Gasteiger charge is 2.36. The summed E-state index contributed by atoms with van der Waals surface area (Å²) in [6.45, 7) is 0. The summed E-state index contributed by atoms with van der Waals surface area (Å²) in [5.41, 5.74) is -3.06. The third-order valence-corrected chi connectivity index (χ3v) is 3.24. The molecule has 0 bridgehead atoms. The molecule has 0 radical (unpaired) electrons. The van der Waals surface area contributed by atoms with E-state index >= 15 is 0 Å². The van der Waals surface area contributed by atoms with Crippen LogP contribution < -0.4 is 4.74 Å². The second kappa shape index (κ2) is 7.16. The van der Waals surface area contributed by atoms with Crippen molar-refractivity contribution in [3.8, 4) is 5.75 Å². The van der Waals surface area contributed by atoms with E-state index in [0.717, 1.165) is 0 Å². The predicted octanol–water partition coefficient (Wildman–Crippen LogP) is 5.26. The molecule has 2 aromatic carbocycles. The topological polar surface area (TPSA) is 26.3 Å². The van der Waals surface area contributed by atoms with Gasteiger partial charge in [0, 0.05) is 6.42 Å². The number of carbonyl (C=O) groups is 1. The van der Waals surface area contributed by atoms with Crippen molar-refractivity contribution in [3.05, 3.63) is 65.2 Å². The summed E-state index contributed by atoms with van der Waals surface area (Å²) in [5, 5.41) is 0. The summed E-state index contributed by atoms with van der Waals surface area (Å²) in [6, 6.07) is 9.18. The Balaban J connectivity index is 2.14. The van der Waals surface area contributed by atoms with Crippen molar-refractivity contribution in [1.82, 2.24) is 0 Å². The molecule has 0 aliphatic carbocycles. The van der Waals surface area contributed by atoms with Gasteiger partial charge in [0.05, 0.1) is 11.1 Å². The molecule has 0 atom stereocenters. The number of benzene rings is 2. The lowest BCUT2D eigenvalue weighted by Gasteiger charge is -2.14. The van der Waals surface area contributed by atoms with Gasteiger partial charge in [-0.25, -0.2) is 0 Å². The van der Waals surface area contributed by atoms with Gasteiger partial charge in [-0.1, -0.05) is 18.2 Å². The molecule has 8 heteroatoms. The largest absolute Gasteiger partial charge is 0.427 e. The number of alkyl halides is 6. The zero-order valence-electron chi connectivity index (χ0n) is 12.6. The first-order valence-electron chi connectivity index (χ1n) is 7.10. The van der Waals surface area contributed by atoms with Crippen molar-refractivity contribution < 1.29 is 35.9 Å². The molecule has 0 aliphatic rings. The first kappa shape index (κ1) is 18.8. The van der Waals surface area contributed by atoms with Crippen LogP contribution >= 0.6 is 0 Å². The highest BCUT2D eigenvalue weighted by molar-refractivity contribution is 5.72. The molecule has 0 amide bonds. The Morgan fingerprint density at radius 1 is 0.840 bits per heavy atom. The maximum Gasteiger partial charge on any atom is 0.416 e. The van der Waals surface area contributed by atoms with Crippen molar-refractivity contribution in [2.45, 2.75) is 25.2 Å². The van der Waals surface area contributed by atoms with E-state index < -0.39 is 29.4 Å². The van der Waals surface area contributed by atoms with Gasteiger partial charge < -0.3 is 4.74 Å². The van der Waals surface area contributed by atoms with Crippen molar-refractivity contribution >= 4 is 5.97 Å². The van der Waals surface area contributed by atoms with Crippen LogP contribution in [0.25, 0.3) is 0 Å². The summed E-state index contributed by atoms with van der Waals surface area (Å²) in [6.07, 6.45) is -10.5. The second-order valence-corrected chi connectivity index (χ2v) is 5.20. The summed E-state index contributed by atoms with van der Waals surface area (Å²) in [4.78, 5) is 11.7. The number of rotatable bonds is 4. The zero-order chi connectivity index (χ0) is 18.7. The molecule has 0 spiro atoms. The number of esters is 1. The van der Waals surface area contributed by atoms with Gasteiger partial charge in [0.15, 0.2) is 0 Å². The average molecular weight is 362 g/mol. The normalized spacial score (nSPS) is 12.1. The van der Waals surface area contributed by atoms with Crippen LogP contribution in [-0.2, 0) is 23.6 Å². The van der Waals surface area contributed by atoms with Crippen LogP contribution in [0.2, 0.25) is 0 Å². The molecule has 0 heterocycles. The maximum absolute atomic E-state index is 12.8. The Morgan fingerprint density at radius 3 is 1.84 bits per heavy atom. The third kappa shape index (κ3) is 5.51. The summed E-state index contributed by atoms with van der Waals surface area (Å²) < 4.78 is 81.5. The van der Waals surface area contributed by atoms with Crippen LogP contribution in [0.4, 0.5) is 26.3 Å². The Kier molecular flexibility index (Phi) is 5.39. The van der Waals surface area contributed by atoms with E-state index in [4.69, 9.17) is 4.74 Å². The number of ether oxygens (including phenoxy) is 1. The van der Waals surface area contributed by atoms with Crippen molar-refractivity contribution in [2.75, 3.05) is 0 Å². The summed E-state index contributed by atoms with van der Waals surface area (Å²) in [5.74, 6) is -0.510. The lowest BCUT2D eigenvalue weighted by molar-refractivity contribution is -0.143. The first-order chi connectivity index (χ1) is 11.6. The third-order valence-electron chi connectivity index (χ3n) is 3.24. The maximum atomic E-state index is 12.8.